The van der Waals surface area contributed by atoms with Crippen LogP contribution in [0.15, 0.2) is 18.2 Å². The lowest BCUT2D eigenvalue weighted by Crippen LogP contribution is -2.37. The minimum Gasteiger partial charge on any atom is -0.332 e. The first-order valence-electron chi connectivity index (χ1n) is 6.24. The molecule has 0 aromatic heterocycles. The first-order valence-corrected chi connectivity index (χ1v) is 6.24. The van der Waals surface area contributed by atoms with E-state index in [2.05, 4.69) is 0 Å². The number of likely N-dealkylation sites (tertiary alicyclic amines) is 1. The maximum absolute atomic E-state index is 13.3. The molecule has 0 saturated carbocycles. The third kappa shape index (κ3) is 2.12. The number of hydrogen-bond acceptors (Lipinski definition) is 2. The summed E-state index contributed by atoms with van der Waals surface area (Å²) in [5.74, 6) is -0.155. The Morgan fingerprint density at radius 1 is 1.44 bits per heavy atom. The van der Waals surface area contributed by atoms with Gasteiger partial charge in [0.05, 0.1) is 6.04 Å². The van der Waals surface area contributed by atoms with Gasteiger partial charge < -0.3 is 10.6 Å². The van der Waals surface area contributed by atoms with Crippen molar-refractivity contribution in [3.8, 4) is 0 Å². The fourth-order valence-electron chi connectivity index (χ4n) is 2.65. The van der Waals surface area contributed by atoms with E-state index in [1.165, 1.54) is 6.07 Å². The van der Waals surface area contributed by atoms with Crippen LogP contribution in [0.25, 0.3) is 0 Å². The smallest absolute Gasteiger partial charge is 0.225 e. The van der Waals surface area contributed by atoms with Gasteiger partial charge in [-0.15, -0.1) is 0 Å². The van der Waals surface area contributed by atoms with E-state index >= 15 is 0 Å². The molecule has 2 rings (SSSR count). The van der Waals surface area contributed by atoms with Gasteiger partial charge in [-0.25, -0.2) is 4.39 Å². The van der Waals surface area contributed by atoms with Crippen molar-refractivity contribution in [1.29, 1.82) is 0 Å². The number of nitrogens with two attached hydrogens (primary N) is 1. The molecular weight excluding hydrogens is 231 g/mol. The molecule has 0 bridgehead atoms. The average Bonchev–Trinajstić information content (AvgIpc) is 2.57. The monoisotopic (exact) mass is 250 g/mol. The molecule has 98 valence electrons. The molecule has 0 spiro atoms. The molecule has 3 nitrogen and oxygen atoms in total. The zero-order valence-electron chi connectivity index (χ0n) is 11.0. The Labute approximate surface area is 107 Å². The second kappa shape index (κ2) is 4.69. The Balaban J connectivity index is 2.40. The molecule has 0 aliphatic carbocycles. The summed E-state index contributed by atoms with van der Waals surface area (Å²) < 4.78 is 13.3. The molecule has 4 heteroatoms. The summed E-state index contributed by atoms with van der Waals surface area (Å²) in [5, 5.41) is 0. The normalized spacial score (nSPS) is 24.1. The number of hydrogen-bond donors (Lipinski definition) is 1. The first kappa shape index (κ1) is 13.0. The summed E-state index contributed by atoms with van der Waals surface area (Å²) in [6.07, 6.45) is 0.360. The van der Waals surface area contributed by atoms with Crippen LogP contribution < -0.4 is 5.73 Å². The van der Waals surface area contributed by atoms with Gasteiger partial charge in [-0.2, -0.15) is 0 Å². The lowest BCUT2D eigenvalue weighted by Gasteiger charge is -2.31. The topological polar surface area (TPSA) is 46.3 Å². The lowest BCUT2D eigenvalue weighted by atomic mass is 9.98. The number of aryl methyl sites for hydroxylation is 1. The van der Waals surface area contributed by atoms with Gasteiger partial charge in [-0.1, -0.05) is 12.1 Å². The molecule has 2 unspecified atom stereocenters. The van der Waals surface area contributed by atoms with Crippen LogP contribution in [-0.2, 0) is 4.79 Å². The number of carbonyl (C=O) groups is 1. The average molecular weight is 250 g/mol. The van der Waals surface area contributed by atoms with Crippen LogP contribution in [0, 0.1) is 12.7 Å². The molecule has 1 aliphatic rings. The van der Waals surface area contributed by atoms with Crippen LogP contribution in [0.3, 0.4) is 0 Å². The Bertz CT molecular complexity index is 473. The fourth-order valence-corrected chi connectivity index (χ4v) is 2.65. The Morgan fingerprint density at radius 2 is 2.11 bits per heavy atom. The molecule has 1 aliphatic heterocycles. The van der Waals surface area contributed by atoms with Gasteiger partial charge in [0, 0.05) is 18.5 Å². The minimum atomic E-state index is -0.229. The molecule has 0 radical (unpaired) electrons. The van der Waals surface area contributed by atoms with Crippen molar-refractivity contribution < 1.29 is 9.18 Å². The number of carbonyl (C=O) groups excluding carboxylic acids is 1. The molecule has 1 amide bonds. The Hall–Kier alpha value is -1.42. The highest BCUT2D eigenvalue weighted by Crippen LogP contribution is 2.34. The summed E-state index contributed by atoms with van der Waals surface area (Å²) in [4.78, 5) is 13.7. The van der Waals surface area contributed by atoms with E-state index in [-0.39, 0.29) is 29.8 Å². The van der Waals surface area contributed by atoms with E-state index in [0.717, 1.165) is 5.56 Å². The lowest BCUT2D eigenvalue weighted by molar-refractivity contribution is -0.130. The van der Waals surface area contributed by atoms with Crippen LogP contribution in [0.2, 0.25) is 0 Å². The van der Waals surface area contributed by atoms with Gasteiger partial charge in [0.2, 0.25) is 5.91 Å². The highest BCUT2D eigenvalue weighted by molar-refractivity contribution is 5.80. The second-order valence-electron chi connectivity index (χ2n) is 5.22. The highest BCUT2D eigenvalue weighted by atomic mass is 19.1. The maximum Gasteiger partial charge on any atom is 0.225 e. The largest absolute Gasteiger partial charge is 0.332 e. The molecule has 2 N–H and O–H groups in total. The third-order valence-corrected chi connectivity index (χ3v) is 3.48. The Kier molecular flexibility index (Phi) is 3.39. The third-order valence-electron chi connectivity index (χ3n) is 3.48. The molecule has 1 heterocycles. The van der Waals surface area contributed by atoms with E-state index in [4.69, 9.17) is 5.73 Å². The predicted molar refractivity (Wildman–Crippen MR) is 68.5 cm³/mol. The quantitative estimate of drug-likeness (QED) is 0.874. The summed E-state index contributed by atoms with van der Waals surface area (Å²) in [5.41, 5.74) is 7.56. The van der Waals surface area contributed by atoms with Gasteiger partial charge >= 0.3 is 0 Å². The van der Waals surface area contributed by atoms with E-state index < -0.39 is 0 Å². The van der Waals surface area contributed by atoms with Crippen molar-refractivity contribution in [2.75, 3.05) is 0 Å². The van der Waals surface area contributed by atoms with Crippen molar-refractivity contribution >= 4 is 5.91 Å². The number of halogens is 1. The standard InChI is InChI=1S/C14H19FN2O/c1-8(2)17-13(18)7-12(16)14(17)10-4-5-11(15)9(3)6-10/h4-6,8,12,14H,7,16H2,1-3H3. The fraction of sp³-hybridized carbons (Fsp3) is 0.500. The molecular formula is C14H19FN2O. The van der Waals surface area contributed by atoms with Crippen molar-refractivity contribution in [2.24, 2.45) is 5.73 Å². The summed E-state index contributed by atoms with van der Waals surface area (Å²) >= 11 is 0. The van der Waals surface area contributed by atoms with E-state index in [1.807, 2.05) is 13.8 Å². The predicted octanol–water partition coefficient (Wildman–Crippen LogP) is 2.14. The summed E-state index contributed by atoms with van der Waals surface area (Å²) in [6.45, 7) is 5.67. The number of nitrogens with zero attached hydrogens (tertiary/aromatic N) is 1. The van der Waals surface area contributed by atoms with Gasteiger partial charge in [0.25, 0.3) is 0 Å². The molecule has 2 atom stereocenters. The molecule has 1 aromatic carbocycles. The van der Waals surface area contributed by atoms with Crippen LogP contribution in [0.5, 0.6) is 0 Å². The van der Waals surface area contributed by atoms with Gasteiger partial charge in [0.1, 0.15) is 5.82 Å². The van der Waals surface area contributed by atoms with Crippen LogP contribution >= 0.6 is 0 Å². The van der Waals surface area contributed by atoms with Crippen molar-refractivity contribution in [3.05, 3.63) is 35.1 Å². The van der Waals surface area contributed by atoms with Crippen LogP contribution in [0.4, 0.5) is 4.39 Å². The SMILES string of the molecule is Cc1cc(C2C(N)CC(=O)N2C(C)C)ccc1F. The number of amides is 1. The minimum absolute atomic E-state index is 0.0736. The number of rotatable bonds is 2. The summed E-state index contributed by atoms with van der Waals surface area (Å²) in [6, 6.07) is 4.69. The maximum atomic E-state index is 13.3. The molecule has 1 fully saturated rings. The van der Waals surface area contributed by atoms with Crippen LogP contribution in [0.1, 0.15) is 37.4 Å². The van der Waals surface area contributed by atoms with Gasteiger partial charge in [-0.05, 0) is 38.0 Å². The second-order valence-corrected chi connectivity index (χ2v) is 5.22. The zero-order chi connectivity index (χ0) is 13.4. The Morgan fingerprint density at radius 3 is 2.67 bits per heavy atom. The summed E-state index contributed by atoms with van der Waals surface area (Å²) in [7, 11) is 0. The number of benzene rings is 1. The van der Waals surface area contributed by atoms with Gasteiger partial charge in [-0.3, -0.25) is 4.79 Å². The van der Waals surface area contributed by atoms with Crippen molar-refractivity contribution in [3.63, 3.8) is 0 Å². The van der Waals surface area contributed by atoms with Crippen molar-refractivity contribution in [1.82, 2.24) is 4.90 Å². The van der Waals surface area contributed by atoms with Gasteiger partial charge in [0.15, 0.2) is 0 Å². The van der Waals surface area contributed by atoms with Crippen molar-refractivity contribution in [2.45, 2.75) is 45.3 Å². The molecule has 1 aromatic rings. The first-order chi connectivity index (χ1) is 8.41. The van der Waals surface area contributed by atoms with Crippen LogP contribution in [-0.4, -0.2) is 22.9 Å². The van der Waals surface area contributed by atoms with E-state index in [1.54, 1.807) is 24.0 Å². The van der Waals surface area contributed by atoms with E-state index in [0.29, 0.717) is 12.0 Å². The highest BCUT2D eigenvalue weighted by Gasteiger charge is 2.39. The van der Waals surface area contributed by atoms with E-state index in [9.17, 15) is 9.18 Å². The molecule has 18 heavy (non-hydrogen) atoms. The molecule has 1 saturated heterocycles. The zero-order valence-corrected chi connectivity index (χ0v) is 11.0.